The molecular formula is C10H10F3NO. The fraction of sp³-hybridized carbons (Fsp3) is 0.400. The van der Waals surface area contributed by atoms with Crippen LogP contribution in [0.4, 0.5) is 13.2 Å². The summed E-state index contributed by atoms with van der Waals surface area (Å²) < 4.78 is 37.8. The monoisotopic (exact) mass is 217 g/mol. The van der Waals surface area contributed by atoms with E-state index in [0.29, 0.717) is 13.0 Å². The molecule has 0 saturated carbocycles. The number of alkyl halides is 3. The van der Waals surface area contributed by atoms with Crippen molar-refractivity contribution in [3.63, 3.8) is 0 Å². The Labute approximate surface area is 85.3 Å². The van der Waals surface area contributed by atoms with Crippen LogP contribution < -0.4 is 0 Å². The summed E-state index contributed by atoms with van der Waals surface area (Å²) in [4.78, 5) is 0. The number of aromatic nitrogens is 1. The van der Waals surface area contributed by atoms with Crippen molar-refractivity contribution in [3.05, 3.63) is 24.0 Å². The van der Waals surface area contributed by atoms with E-state index in [-0.39, 0.29) is 5.56 Å². The zero-order valence-electron chi connectivity index (χ0n) is 7.83. The number of aliphatic hydroxyl groups is 1. The Kier molecular flexibility index (Phi) is 3.43. The van der Waals surface area contributed by atoms with Crippen molar-refractivity contribution < 1.29 is 18.3 Å². The highest BCUT2D eigenvalue weighted by Crippen LogP contribution is 2.32. The molecule has 0 saturated heterocycles. The molecule has 0 bridgehead atoms. The molecule has 0 amide bonds. The molecule has 1 unspecified atom stereocenters. The predicted molar refractivity (Wildman–Crippen MR) is 48.9 cm³/mol. The molecule has 1 N–H and O–H groups in total. The Hall–Kier alpha value is -1.41. The molecule has 0 fully saturated rings. The molecule has 0 aliphatic rings. The van der Waals surface area contributed by atoms with Gasteiger partial charge in [-0.05, 0) is 6.07 Å². The van der Waals surface area contributed by atoms with Gasteiger partial charge >= 0.3 is 6.18 Å². The lowest BCUT2D eigenvalue weighted by molar-refractivity contribution is -0.206. The maximum absolute atomic E-state index is 12.1. The van der Waals surface area contributed by atoms with E-state index in [4.69, 9.17) is 11.5 Å². The van der Waals surface area contributed by atoms with E-state index >= 15 is 0 Å². The number of nitrogens with zero attached hydrogens (tertiary/aromatic N) is 1. The minimum Gasteiger partial charge on any atom is -0.379 e. The zero-order chi connectivity index (χ0) is 11.5. The lowest BCUT2D eigenvalue weighted by Crippen LogP contribution is -2.19. The second-order valence-corrected chi connectivity index (χ2v) is 3.08. The van der Waals surface area contributed by atoms with Crippen LogP contribution >= 0.6 is 0 Å². The average molecular weight is 217 g/mol. The van der Waals surface area contributed by atoms with Crippen molar-refractivity contribution in [1.29, 1.82) is 0 Å². The molecule has 0 radical (unpaired) electrons. The van der Waals surface area contributed by atoms with Crippen molar-refractivity contribution in [2.75, 3.05) is 0 Å². The molecule has 2 nitrogen and oxygen atoms in total. The van der Waals surface area contributed by atoms with Crippen molar-refractivity contribution in [3.8, 4) is 12.3 Å². The Morgan fingerprint density at radius 3 is 2.73 bits per heavy atom. The Morgan fingerprint density at radius 2 is 2.20 bits per heavy atom. The van der Waals surface area contributed by atoms with E-state index in [9.17, 15) is 13.2 Å². The molecule has 1 atom stereocenters. The molecule has 1 aromatic heterocycles. The minimum atomic E-state index is -4.63. The molecule has 0 aromatic carbocycles. The molecule has 0 aliphatic carbocycles. The van der Waals surface area contributed by atoms with Crippen LogP contribution in [0.5, 0.6) is 0 Å². The first kappa shape index (κ1) is 11.7. The third-order valence-corrected chi connectivity index (χ3v) is 1.91. The first-order valence-corrected chi connectivity index (χ1v) is 4.29. The SMILES string of the molecule is C#CCCn1ccc(C(O)C(F)(F)F)c1. The van der Waals surface area contributed by atoms with Crippen LogP contribution in [0.1, 0.15) is 18.1 Å². The van der Waals surface area contributed by atoms with Gasteiger partial charge in [0.15, 0.2) is 6.10 Å². The van der Waals surface area contributed by atoms with Gasteiger partial charge in [-0.25, -0.2) is 0 Å². The minimum absolute atomic E-state index is 0.167. The van der Waals surface area contributed by atoms with Crippen LogP contribution in [0.2, 0.25) is 0 Å². The molecule has 1 rings (SSSR count). The standard InChI is InChI=1S/C10H10F3NO/c1-2-3-5-14-6-4-8(7-14)9(15)10(11,12)13/h1,4,6-7,9,15H,3,5H2. The summed E-state index contributed by atoms with van der Waals surface area (Å²) in [5.74, 6) is 2.38. The van der Waals surface area contributed by atoms with E-state index < -0.39 is 12.3 Å². The highest BCUT2D eigenvalue weighted by Gasteiger charge is 2.39. The Balaban J connectivity index is 2.72. The summed E-state index contributed by atoms with van der Waals surface area (Å²) >= 11 is 0. The molecule has 0 spiro atoms. The highest BCUT2D eigenvalue weighted by atomic mass is 19.4. The second kappa shape index (κ2) is 4.41. The summed E-state index contributed by atoms with van der Waals surface area (Å²) in [6, 6.07) is 1.23. The number of rotatable bonds is 3. The molecule has 5 heteroatoms. The summed E-state index contributed by atoms with van der Waals surface area (Å²) in [7, 11) is 0. The summed E-state index contributed by atoms with van der Waals surface area (Å²) in [5.41, 5.74) is -0.167. The highest BCUT2D eigenvalue weighted by molar-refractivity contribution is 5.15. The zero-order valence-corrected chi connectivity index (χ0v) is 7.83. The van der Waals surface area contributed by atoms with Crippen LogP contribution in [0, 0.1) is 12.3 Å². The van der Waals surface area contributed by atoms with E-state index in [1.54, 1.807) is 0 Å². The fourth-order valence-electron chi connectivity index (χ4n) is 1.14. The van der Waals surface area contributed by atoms with Gasteiger partial charge in [0.25, 0.3) is 0 Å². The molecule has 15 heavy (non-hydrogen) atoms. The number of hydrogen-bond acceptors (Lipinski definition) is 1. The van der Waals surface area contributed by atoms with Gasteiger partial charge in [0.05, 0.1) is 0 Å². The smallest absolute Gasteiger partial charge is 0.379 e. The van der Waals surface area contributed by atoms with Gasteiger partial charge in [-0.1, -0.05) is 0 Å². The van der Waals surface area contributed by atoms with Crippen molar-refractivity contribution >= 4 is 0 Å². The topological polar surface area (TPSA) is 25.2 Å². The van der Waals surface area contributed by atoms with Crippen LogP contribution in [0.3, 0.4) is 0 Å². The summed E-state index contributed by atoms with van der Waals surface area (Å²) in [6.07, 6.45) is 1.11. The molecule has 0 aliphatic heterocycles. The lowest BCUT2D eigenvalue weighted by Gasteiger charge is -2.12. The van der Waals surface area contributed by atoms with Crippen LogP contribution in [0.25, 0.3) is 0 Å². The molecular weight excluding hydrogens is 207 g/mol. The van der Waals surface area contributed by atoms with Crippen LogP contribution in [0.15, 0.2) is 18.5 Å². The van der Waals surface area contributed by atoms with Gasteiger partial charge in [0.2, 0.25) is 0 Å². The van der Waals surface area contributed by atoms with Crippen molar-refractivity contribution in [2.45, 2.75) is 25.2 Å². The number of hydrogen-bond donors (Lipinski definition) is 1. The van der Waals surface area contributed by atoms with Crippen LogP contribution in [-0.4, -0.2) is 15.8 Å². The van der Waals surface area contributed by atoms with E-state index in [1.165, 1.54) is 23.0 Å². The van der Waals surface area contributed by atoms with Gasteiger partial charge in [-0.3, -0.25) is 0 Å². The third kappa shape index (κ3) is 3.03. The van der Waals surface area contributed by atoms with Crippen molar-refractivity contribution in [2.24, 2.45) is 0 Å². The molecule has 82 valence electrons. The second-order valence-electron chi connectivity index (χ2n) is 3.08. The fourth-order valence-corrected chi connectivity index (χ4v) is 1.14. The third-order valence-electron chi connectivity index (χ3n) is 1.91. The Bertz CT molecular complexity index is 361. The van der Waals surface area contributed by atoms with E-state index in [2.05, 4.69) is 5.92 Å². The maximum Gasteiger partial charge on any atom is 0.418 e. The molecule has 1 heterocycles. The lowest BCUT2D eigenvalue weighted by atomic mass is 10.2. The van der Waals surface area contributed by atoms with Gasteiger partial charge < -0.3 is 9.67 Å². The normalized spacial score (nSPS) is 13.5. The van der Waals surface area contributed by atoms with Gasteiger partial charge in [0, 0.05) is 30.9 Å². The van der Waals surface area contributed by atoms with E-state index in [1.807, 2.05) is 0 Å². The van der Waals surface area contributed by atoms with E-state index in [0.717, 1.165) is 0 Å². The number of terminal acetylenes is 1. The first-order chi connectivity index (χ1) is 6.95. The first-order valence-electron chi connectivity index (χ1n) is 4.29. The summed E-state index contributed by atoms with van der Waals surface area (Å²) in [5, 5.41) is 8.92. The van der Waals surface area contributed by atoms with Gasteiger partial charge in [-0.2, -0.15) is 13.2 Å². The average Bonchev–Trinajstić information content (AvgIpc) is 2.60. The predicted octanol–water partition coefficient (Wildman–Crippen LogP) is 2.11. The molecule has 1 aromatic rings. The Morgan fingerprint density at radius 1 is 1.53 bits per heavy atom. The van der Waals surface area contributed by atoms with Crippen LogP contribution in [-0.2, 0) is 6.54 Å². The van der Waals surface area contributed by atoms with Crippen molar-refractivity contribution in [1.82, 2.24) is 4.57 Å². The van der Waals surface area contributed by atoms with Gasteiger partial charge in [0.1, 0.15) is 0 Å². The number of halogens is 3. The number of aryl methyl sites for hydroxylation is 1. The maximum atomic E-state index is 12.1. The largest absolute Gasteiger partial charge is 0.418 e. The quantitative estimate of drug-likeness (QED) is 0.771. The number of aliphatic hydroxyl groups excluding tert-OH is 1. The summed E-state index contributed by atoms with van der Waals surface area (Å²) in [6.45, 7) is 0.446. The van der Waals surface area contributed by atoms with Gasteiger partial charge in [-0.15, -0.1) is 12.3 Å².